The Labute approximate surface area is 187 Å². The lowest BCUT2D eigenvalue weighted by Gasteiger charge is -2.26. The summed E-state index contributed by atoms with van der Waals surface area (Å²) in [4.78, 5) is 41.8. The third kappa shape index (κ3) is 3.99. The highest BCUT2D eigenvalue weighted by molar-refractivity contribution is 6.21. The maximum atomic E-state index is 13.5. The van der Waals surface area contributed by atoms with Gasteiger partial charge in [-0.15, -0.1) is 0 Å². The Kier molecular flexibility index (Phi) is 5.77. The third-order valence-corrected chi connectivity index (χ3v) is 5.52. The minimum Gasteiger partial charge on any atom is -0.497 e. The molecule has 0 bridgehead atoms. The first kappa shape index (κ1) is 21.3. The van der Waals surface area contributed by atoms with Crippen LogP contribution in [-0.4, -0.2) is 42.8 Å². The van der Waals surface area contributed by atoms with Crippen molar-refractivity contribution in [2.24, 2.45) is 0 Å². The van der Waals surface area contributed by atoms with Gasteiger partial charge in [0.2, 0.25) is 0 Å². The second-order valence-electron chi connectivity index (χ2n) is 7.84. The Hall–Kier alpha value is -3.93. The number of benzene rings is 3. The van der Waals surface area contributed by atoms with Gasteiger partial charge in [-0.1, -0.05) is 29.3 Å². The summed E-state index contributed by atoms with van der Waals surface area (Å²) in [5, 5.41) is 0. The highest BCUT2D eigenvalue weighted by Gasteiger charge is 2.35. The minimum absolute atomic E-state index is 0.0922. The molecule has 0 saturated carbocycles. The molecule has 0 aromatic heterocycles. The molecule has 3 aromatic rings. The van der Waals surface area contributed by atoms with Crippen molar-refractivity contribution < 1.29 is 19.1 Å². The summed E-state index contributed by atoms with van der Waals surface area (Å²) in [6.07, 6.45) is 0. The quantitative estimate of drug-likeness (QED) is 0.551. The standard InChI is InChI=1S/C26H24N2O4/c1-17-14-18(2)16-19(15-17)24(29)27(20-8-10-21(32-3)11-9-20)12-13-28-25(30)22-6-4-5-7-23(22)26(28)31/h4-11,14-16H,12-13H2,1-3H3. The largest absolute Gasteiger partial charge is 0.497 e. The molecule has 6 heteroatoms. The predicted octanol–water partition coefficient (Wildman–Crippen LogP) is 4.26. The fourth-order valence-electron chi connectivity index (χ4n) is 4.01. The van der Waals surface area contributed by atoms with Crippen LogP contribution in [0.3, 0.4) is 0 Å². The van der Waals surface area contributed by atoms with Crippen LogP contribution in [0.15, 0.2) is 66.7 Å². The number of hydrogen-bond donors (Lipinski definition) is 0. The summed E-state index contributed by atoms with van der Waals surface area (Å²) in [5.41, 5.74) is 3.99. The number of methoxy groups -OCH3 is 1. The Morgan fingerprint density at radius 1 is 0.875 bits per heavy atom. The fraction of sp³-hybridized carbons (Fsp3) is 0.192. The lowest BCUT2D eigenvalue weighted by atomic mass is 10.1. The van der Waals surface area contributed by atoms with Gasteiger partial charge >= 0.3 is 0 Å². The number of amides is 3. The van der Waals surface area contributed by atoms with E-state index in [1.54, 1.807) is 60.5 Å². The van der Waals surface area contributed by atoms with Crippen molar-refractivity contribution in [3.05, 3.63) is 94.5 Å². The normalized spacial score (nSPS) is 12.7. The van der Waals surface area contributed by atoms with Crippen LogP contribution in [0.1, 0.15) is 42.2 Å². The van der Waals surface area contributed by atoms with E-state index in [9.17, 15) is 14.4 Å². The lowest BCUT2D eigenvalue weighted by Crippen LogP contribution is -2.41. The minimum atomic E-state index is -0.334. The number of carbonyl (C=O) groups is 3. The lowest BCUT2D eigenvalue weighted by molar-refractivity contribution is 0.0654. The number of fused-ring (bicyclic) bond motifs is 1. The van der Waals surface area contributed by atoms with Crippen molar-refractivity contribution >= 4 is 23.4 Å². The van der Waals surface area contributed by atoms with Crippen molar-refractivity contribution in [3.8, 4) is 5.75 Å². The van der Waals surface area contributed by atoms with Crippen molar-refractivity contribution in [2.75, 3.05) is 25.1 Å². The number of anilines is 1. The zero-order chi connectivity index (χ0) is 22.8. The smallest absolute Gasteiger partial charge is 0.261 e. The third-order valence-electron chi connectivity index (χ3n) is 5.52. The van der Waals surface area contributed by atoms with Gasteiger partial charge in [0.05, 0.1) is 18.2 Å². The molecule has 6 nitrogen and oxygen atoms in total. The van der Waals surface area contributed by atoms with Gasteiger partial charge in [-0.25, -0.2) is 0 Å². The van der Waals surface area contributed by atoms with E-state index >= 15 is 0 Å². The van der Waals surface area contributed by atoms with Gasteiger partial charge in [0.15, 0.2) is 0 Å². The van der Waals surface area contributed by atoms with Crippen LogP contribution < -0.4 is 9.64 Å². The topological polar surface area (TPSA) is 66.9 Å². The summed E-state index contributed by atoms with van der Waals surface area (Å²) >= 11 is 0. The van der Waals surface area contributed by atoms with Crippen LogP contribution >= 0.6 is 0 Å². The second-order valence-corrected chi connectivity index (χ2v) is 7.84. The zero-order valence-electron chi connectivity index (χ0n) is 18.3. The molecule has 4 rings (SSSR count). The summed E-state index contributed by atoms with van der Waals surface area (Å²) in [6.45, 7) is 4.15. The highest BCUT2D eigenvalue weighted by atomic mass is 16.5. The van der Waals surface area contributed by atoms with Gasteiger partial charge in [0, 0.05) is 24.3 Å². The number of carbonyl (C=O) groups excluding carboxylic acids is 3. The number of aryl methyl sites for hydroxylation is 2. The number of hydrogen-bond acceptors (Lipinski definition) is 4. The first-order valence-electron chi connectivity index (χ1n) is 10.4. The Morgan fingerprint density at radius 2 is 1.44 bits per heavy atom. The Morgan fingerprint density at radius 3 is 1.97 bits per heavy atom. The Balaban J connectivity index is 1.63. The molecule has 0 aliphatic carbocycles. The number of ether oxygens (including phenoxy) is 1. The maximum Gasteiger partial charge on any atom is 0.261 e. The predicted molar refractivity (Wildman–Crippen MR) is 122 cm³/mol. The van der Waals surface area contributed by atoms with E-state index in [2.05, 4.69) is 0 Å². The van der Waals surface area contributed by atoms with Crippen LogP contribution in [0.2, 0.25) is 0 Å². The zero-order valence-corrected chi connectivity index (χ0v) is 18.3. The van der Waals surface area contributed by atoms with Crippen LogP contribution in [-0.2, 0) is 0 Å². The monoisotopic (exact) mass is 428 g/mol. The summed E-state index contributed by atoms with van der Waals surface area (Å²) in [7, 11) is 1.58. The molecular weight excluding hydrogens is 404 g/mol. The average Bonchev–Trinajstić information content (AvgIpc) is 3.03. The summed E-state index contributed by atoms with van der Waals surface area (Å²) < 4.78 is 5.23. The first-order chi connectivity index (χ1) is 15.4. The van der Waals surface area contributed by atoms with E-state index in [0.717, 1.165) is 11.1 Å². The molecule has 0 atom stereocenters. The average molecular weight is 428 g/mol. The maximum absolute atomic E-state index is 13.5. The van der Waals surface area contributed by atoms with Crippen molar-refractivity contribution in [1.82, 2.24) is 4.90 Å². The Bertz CT molecular complexity index is 1150. The SMILES string of the molecule is COc1ccc(N(CCN2C(=O)c3ccccc3C2=O)C(=O)c2cc(C)cc(C)c2)cc1. The van der Waals surface area contributed by atoms with Crippen molar-refractivity contribution in [2.45, 2.75) is 13.8 Å². The molecule has 0 fully saturated rings. The molecule has 1 heterocycles. The molecular formula is C26H24N2O4. The molecule has 1 aliphatic rings. The molecule has 0 unspecified atom stereocenters. The summed E-state index contributed by atoms with van der Waals surface area (Å²) in [6, 6.07) is 19.6. The molecule has 0 saturated heterocycles. The fourth-order valence-corrected chi connectivity index (χ4v) is 4.01. The molecule has 162 valence electrons. The van der Waals surface area contributed by atoms with Gasteiger partial charge in [0.1, 0.15) is 5.75 Å². The van der Waals surface area contributed by atoms with Crippen molar-refractivity contribution in [1.29, 1.82) is 0 Å². The van der Waals surface area contributed by atoms with E-state index in [0.29, 0.717) is 28.1 Å². The molecule has 0 N–H and O–H groups in total. The van der Waals surface area contributed by atoms with E-state index in [1.165, 1.54) is 4.90 Å². The van der Waals surface area contributed by atoms with E-state index in [4.69, 9.17) is 4.74 Å². The number of nitrogens with zero attached hydrogens (tertiary/aromatic N) is 2. The van der Waals surface area contributed by atoms with E-state index in [1.807, 2.05) is 32.0 Å². The molecule has 0 spiro atoms. The highest BCUT2D eigenvalue weighted by Crippen LogP contribution is 2.25. The second kappa shape index (κ2) is 8.67. The molecule has 1 aliphatic heterocycles. The molecule has 32 heavy (non-hydrogen) atoms. The number of imide groups is 1. The molecule has 3 aromatic carbocycles. The molecule has 3 amide bonds. The van der Waals surface area contributed by atoms with E-state index in [-0.39, 0.29) is 30.8 Å². The molecule has 0 radical (unpaired) electrons. The van der Waals surface area contributed by atoms with Gasteiger partial charge in [-0.3, -0.25) is 19.3 Å². The van der Waals surface area contributed by atoms with E-state index < -0.39 is 0 Å². The summed E-state index contributed by atoms with van der Waals surface area (Å²) in [5.74, 6) is -0.190. The van der Waals surface area contributed by atoms with Gasteiger partial charge in [0.25, 0.3) is 17.7 Å². The van der Waals surface area contributed by atoms with Gasteiger partial charge < -0.3 is 9.64 Å². The van der Waals surface area contributed by atoms with Crippen LogP contribution in [0.5, 0.6) is 5.75 Å². The van der Waals surface area contributed by atoms with Crippen LogP contribution in [0.25, 0.3) is 0 Å². The van der Waals surface area contributed by atoms with Crippen LogP contribution in [0.4, 0.5) is 5.69 Å². The first-order valence-corrected chi connectivity index (χ1v) is 10.4. The van der Waals surface area contributed by atoms with Gasteiger partial charge in [-0.2, -0.15) is 0 Å². The van der Waals surface area contributed by atoms with Crippen LogP contribution in [0, 0.1) is 13.8 Å². The van der Waals surface area contributed by atoms with Gasteiger partial charge in [-0.05, 0) is 62.4 Å². The number of rotatable bonds is 6. The van der Waals surface area contributed by atoms with Crippen molar-refractivity contribution in [3.63, 3.8) is 0 Å².